The molecule has 6 heteroatoms. The van der Waals surface area contributed by atoms with Crippen LogP contribution in [0.5, 0.6) is 0 Å². The van der Waals surface area contributed by atoms with Crippen molar-refractivity contribution in [3.63, 3.8) is 0 Å². The summed E-state index contributed by atoms with van der Waals surface area (Å²) in [6, 6.07) is 83.2. The van der Waals surface area contributed by atoms with Gasteiger partial charge >= 0.3 is 0 Å². The number of nitrogens with zero attached hydrogens (tertiary/aromatic N) is 5. The van der Waals surface area contributed by atoms with Crippen molar-refractivity contribution in [3.8, 4) is 56.4 Å². The molecule has 4 aromatic heterocycles. The minimum absolute atomic E-state index is 0.239. The topological polar surface area (TPSA) is 48.5 Å². The number of para-hydroxylation sites is 3. The quantitative estimate of drug-likeness (QED) is 0.121. The average molecular weight is 1050 g/mol. The molecule has 0 saturated carbocycles. The number of benzene rings is 10. The highest BCUT2D eigenvalue weighted by molar-refractivity contribution is 7.27. The van der Waals surface area contributed by atoms with Crippen molar-refractivity contribution in [2.75, 3.05) is 0 Å². The maximum atomic E-state index is 5.33. The highest BCUT2D eigenvalue weighted by Crippen LogP contribution is 2.50. The summed E-state index contributed by atoms with van der Waals surface area (Å²) >= 11 is 1.92. The normalized spacial score (nSPS) is 13.7. The van der Waals surface area contributed by atoms with Crippen LogP contribution in [-0.4, -0.2) is 24.1 Å². The lowest BCUT2D eigenvalue weighted by Gasteiger charge is -2.23. The van der Waals surface area contributed by atoms with Gasteiger partial charge in [-0.25, -0.2) is 15.0 Å². The molecule has 0 aliphatic heterocycles. The zero-order valence-corrected chi connectivity index (χ0v) is 45.1. The molecule has 14 aromatic rings. The minimum atomic E-state index is 0.239. The van der Waals surface area contributed by atoms with Crippen LogP contribution in [0.3, 0.4) is 0 Å². The van der Waals surface area contributed by atoms with E-state index in [1.807, 2.05) is 47.7 Å². The fourth-order valence-electron chi connectivity index (χ4n) is 12.3. The van der Waals surface area contributed by atoms with E-state index in [-0.39, 0.29) is 5.92 Å². The van der Waals surface area contributed by atoms with Gasteiger partial charge in [-0.15, -0.1) is 11.3 Å². The predicted octanol–water partition coefficient (Wildman–Crippen LogP) is 20.0. The molecule has 0 N–H and O–H groups in total. The molecule has 5 nitrogen and oxygen atoms in total. The van der Waals surface area contributed by atoms with Crippen LogP contribution in [0.4, 0.5) is 0 Å². The Hall–Kier alpha value is -10.3. The largest absolute Gasteiger partial charge is 0.309 e. The van der Waals surface area contributed by atoms with Gasteiger partial charge in [-0.2, -0.15) is 0 Å². The van der Waals surface area contributed by atoms with Gasteiger partial charge in [-0.05, 0) is 82.8 Å². The summed E-state index contributed by atoms with van der Waals surface area (Å²) in [5.74, 6) is 1.89. The van der Waals surface area contributed by atoms with Crippen molar-refractivity contribution in [3.05, 3.63) is 297 Å². The summed E-state index contributed by atoms with van der Waals surface area (Å²) in [5, 5.41) is 7.49. The number of thiophene rings is 1. The molecule has 0 spiro atoms. The number of hydrogen-bond acceptors (Lipinski definition) is 4. The fourth-order valence-corrected chi connectivity index (χ4v) is 13.7. The molecular formula is C75H51N5S. The molecular weight excluding hydrogens is 1000 g/mol. The molecule has 81 heavy (non-hydrogen) atoms. The molecule has 0 fully saturated rings. The Labute approximate surface area is 473 Å². The minimum Gasteiger partial charge on any atom is -0.309 e. The van der Waals surface area contributed by atoms with Crippen LogP contribution in [0, 0.1) is 0 Å². The van der Waals surface area contributed by atoms with Gasteiger partial charge in [-0.3, -0.25) is 0 Å². The second-order valence-electron chi connectivity index (χ2n) is 20.7. The third kappa shape index (κ3) is 8.10. The molecule has 4 heterocycles. The zero-order valence-electron chi connectivity index (χ0n) is 44.2. The van der Waals surface area contributed by atoms with Crippen LogP contribution >= 0.6 is 11.3 Å². The number of rotatable bonds is 11. The van der Waals surface area contributed by atoms with Crippen LogP contribution in [0.1, 0.15) is 29.3 Å². The monoisotopic (exact) mass is 1050 g/mol. The SMILES string of the molecule is C=C/C=C(\C=C)c1nc(-c2ccccc2)nc(-c2cc(C3=CC[C@@H](c4ccccc4)C=C3)c(-n3c4ccccc4c4c5sc6c(ccc7c6c6ccccc6n7-c6ccccc6)c5ccc43)c(-c3ccc(-c4ccccc4)cc3)c2)n1. The molecule has 1 aliphatic carbocycles. The molecule has 0 bridgehead atoms. The van der Waals surface area contributed by atoms with E-state index in [4.69, 9.17) is 15.0 Å². The van der Waals surface area contributed by atoms with Gasteiger partial charge < -0.3 is 9.13 Å². The number of allylic oxidation sites excluding steroid dienone is 8. The average Bonchev–Trinajstić information content (AvgIpc) is 4.12. The number of hydrogen-bond donors (Lipinski definition) is 0. The first kappa shape index (κ1) is 47.9. The van der Waals surface area contributed by atoms with Crippen LogP contribution in [0.15, 0.2) is 280 Å². The van der Waals surface area contributed by atoms with Crippen LogP contribution in [-0.2, 0) is 0 Å². The third-order valence-corrected chi connectivity index (χ3v) is 17.3. The van der Waals surface area contributed by atoms with E-state index in [2.05, 4.69) is 241 Å². The maximum absolute atomic E-state index is 5.33. The Morgan fingerprint density at radius 1 is 0.469 bits per heavy atom. The van der Waals surface area contributed by atoms with Crippen molar-refractivity contribution in [2.45, 2.75) is 12.3 Å². The molecule has 0 amide bonds. The first-order chi connectivity index (χ1) is 40.1. The standard InChI is InChI=1S/C75H51N5S/c1-3-21-48(4-2)73-76-74(55-26-13-7-14-27-55)78-75(77-73)56-46-62(53-38-34-51(35-39-53)49-22-9-5-10-23-49)70(63(47-56)54-40-36-52(37-41-54)50-24-11-6-12-25-50)80-65-33-20-18-31-61(65)69-67(80)45-43-59-58-42-44-66-68(71(58)81-72(59)69)60-30-17-19-32-64(60)79(66)57-28-15-8-16-29-57/h3-36,38-47,52H,1-2,37H2/b48-21+/t52-/m0/s1. The Morgan fingerprint density at radius 2 is 1.00 bits per heavy atom. The predicted molar refractivity (Wildman–Crippen MR) is 342 cm³/mol. The van der Waals surface area contributed by atoms with Gasteiger partial charge in [0.1, 0.15) is 0 Å². The van der Waals surface area contributed by atoms with E-state index in [1.165, 1.54) is 58.3 Å². The molecule has 15 rings (SSSR count). The van der Waals surface area contributed by atoms with E-state index in [9.17, 15) is 0 Å². The van der Waals surface area contributed by atoms with E-state index >= 15 is 0 Å². The fraction of sp³-hybridized carbons (Fsp3) is 0.0267. The number of aromatic nitrogens is 5. The third-order valence-electron chi connectivity index (χ3n) is 16.1. The lowest BCUT2D eigenvalue weighted by Crippen LogP contribution is -2.07. The van der Waals surface area contributed by atoms with Gasteiger partial charge in [0.05, 0.1) is 27.8 Å². The van der Waals surface area contributed by atoms with Gasteiger partial charge in [0.2, 0.25) is 0 Å². The van der Waals surface area contributed by atoms with Crippen molar-refractivity contribution < 1.29 is 0 Å². The summed E-state index contributed by atoms with van der Waals surface area (Å²) < 4.78 is 7.52. The first-order valence-electron chi connectivity index (χ1n) is 27.5. The van der Waals surface area contributed by atoms with Crippen molar-refractivity contribution >= 4 is 86.3 Å². The summed E-state index contributed by atoms with van der Waals surface area (Å²) in [7, 11) is 0. The first-order valence-corrected chi connectivity index (χ1v) is 28.3. The maximum Gasteiger partial charge on any atom is 0.164 e. The Kier molecular flexibility index (Phi) is 11.8. The Morgan fingerprint density at radius 3 is 1.62 bits per heavy atom. The second-order valence-corrected chi connectivity index (χ2v) is 21.7. The highest BCUT2D eigenvalue weighted by Gasteiger charge is 2.27. The zero-order chi connectivity index (χ0) is 54.0. The van der Waals surface area contributed by atoms with E-state index in [0.717, 1.165) is 78.9 Å². The summed E-state index contributed by atoms with van der Waals surface area (Å²) in [5.41, 5.74) is 17.3. The van der Waals surface area contributed by atoms with Crippen LogP contribution in [0.25, 0.3) is 131 Å². The van der Waals surface area contributed by atoms with Crippen molar-refractivity contribution in [1.82, 2.24) is 24.1 Å². The van der Waals surface area contributed by atoms with E-state index < -0.39 is 0 Å². The van der Waals surface area contributed by atoms with E-state index in [1.54, 1.807) is 12.2 Å². The van der Waals surface area contributed by atoms with Gasteiger partial charge in [-0.1, -0.05) is 232 Å². The lowest BCUT2D eigenvalue weighted by atomic mass is 9.85. The molecule has 0 saturated heterocycles. The molecule has 1 atom stereocenters. The highest BCUT2D eigenvalue weighted by atomic mass is 32.1. The molecule has 0 radical (unpaired) electrons. The van der Waals surface area contributed by atoms with Crippen LogP contribution < -0.4 is 0 Å². The van der Waals surface area contributed by atoms with Crippen molar-refractivity contribution in [2.24, 2.45) is 0 Å². The summed E-state index contributed by atoms with van der Waals surface area (Å²) in [4.78, 5) is 15.7. The lowest BCUT2D eigenvalue weighted by molar-refractivity contribution is 0.856. The van der Waals surface area contributed by atoms with Gasteiger partial charge in [0.15, 0.2) is 17.5 Å². The molecule has 382 valence electrons. The molecule has 0 unspecified atom stereocenters. The smallest absolute Gasteiger partial charge is 0.164 e. The Bertz CT molecular complexity index is 4910. The van der Waals surface area contributed by atoms with E-state index in [0.29, 0.717) is 17.5 Å². The second kappa shape index (κ2) is 19.9. The molecule has 1 aliphatic rings. The van der Waals surface area contributed by atoms with Gasteiger partial charge in [0.25, 0.3) is 0 Å². The number of fused-ring (bicyclic) bond motifs is 11. The summed E-state index contributed by atoms with van der Waals surface area (Å²) in [6.45, 7) is 8.19. The van der Waals surface area contributed by atoms with Gasteiger partial charge in [0, 0.05) is 81.1 Å². The Balaban J connectivity index is 1.04. The van der Waals surface area contributed by atoms with Crippen molar-refractivity contribution in [1.29, 1.82) is 0 Å². The summed E-state index contributed by atoms with van der Waals surface area (Å²) in [6.07, 6.45) is 13.4. The van der Waals surface area contributed by atoms with Crippen LogP contribution in [0.2, 0.25) is 0 Å². The molecule has 10 aromatic carbocycles.